The second kappa shape index (κ2) is 7.26. The van der Waals surface area contributed by atoms with Gasteiger partial charge in [0.2, 0.25) is 0 Å². The van der Waals surface area contributed by atoms with Crippen LogP contribution in [0, 0.1) is 0 Å². The lowest BCUT2D eigenvalue weighted by Crippen LogP contribution is -2.21. The van der Waals surface area contributed by atoms with Crippen molar-refractivity contribution >= 4 is 5.78 Å². The molecule has 90 valence electrons. The second-order valence-corrected chi connectivity index (χ2v) is 4.36. The van der Waals surface area contributed by atoms with Gasteiger partial charge in [-0.1, -0.05) is 32.3 Å². The van der Waals surface area contributed by atoms with Crippen molar-refractivity contribution < 1.29 is 9.53 Å². The molecule has 1 unspecified atom stereocenters. The van der Waals surface area contributed by atoms with Crippen molar-refractivity contribution in [2.75, 3.05) is 0 Å². The molecule has 2 heteroatoms. The van der Waals surface area contributed by atoms with Crippen LogP contribution >= 0.6 is 0 Å². The molecule has 0 bridgehead atoms. The first kappa shape index (κ1) is 13.0. The lowest BCUT2D eigenvalue weighted by atomic mass is 10.0. The fraction of sp³-hybridized carbons (Fsp3) is 0.643. The molecule has 0 N–H and O–H groups in total. The van der Waals surface area contributed by atoms with Crippen LogP contribution in [-0.2, 0) is 9.53 Å². The molecule has 0 spiro atoms. The van der Waals surface area contributed by atoms with Gasteiger partial charge in [0, 0.05) is 18.9 Å². The van der Waals surface area contributed by atoms with Gasteiger partial charge in [0.15, 0.2) is 5.78 Å². The number of carbonyl (C=O) groups is 1. The van der Waals surface area contributed by atoms with Crippen LogP contribution in [-0.4, -0.2) is 11.9 Å². The first-order chi connectivity index (χ1) is 7.76. The maximum atomic E-state index is 11.5. The van der Waals surface area contributed by atoms with Crippen LogP contribution in [0.5, 0.6) is 0 Å². The summed E-state index contributed by atoms with van der Waals surface area (Å²) in [4.78, 5) is 11.5. The smallest absolute Gasteiger partial charge is 0.162 e. The molecule has 2 nitrogen and oxygen atoms in total. The van der Waals surface area contributed by atoms with Crippen LogP contribution in [0.15, 0.2) is 24.5 Å². The van der Waals surface area contributed by atoms with Crippen molar-refractivity contribution in [3.05, 3.63) is 24.5 Å². The van der Waals surface area contributed by atoms with E-state index in [9.17, 15) is 4.79 Å². The molecule has 0 aromatic rings. The van der Waals surface area contributed by atoms with E-state index in [0.717, 1.165) is 18.6 Å². The van der Waals surface area contributed by atoms with E-state index in [-0.39, 0.29) is 11.9 Å². The molecule has 0 amide bonds. The Morgan fingerprint density at radius 1 is 1.50 bits per heavy atom. The summed E-state index contributed by atoms with van der Waals surface area (Å²) in [5.41, 5.74) is 0. The van der Waals surface area contributed by atoms with E-state index in [4.69, 9.17) is 4.74 Å². The zero-order valence-corrected chi connectivity index (χ0v) is 10.2. The van der Waals surface area contributed by atoms with Crippen LogP contribution in [0.1, 0.15) is 51.9 Å². The fourth-order valence-corrected chi connectivity index (χ4v) is 1.96. The third-order valence-electron chi connectivity index (χ3n) is 2.79. The summed E-state index contributed by atoms with van der Waals surface area (Å²) in [5.74, 6) is 0.982. The van der Waals surface area contributed by atoms with Crippen LogP contribution in [0.4, 0.5) is 0 Å². The molecule has 0 aromatic carbocycles. The van der Waals surface area contributed by atoms with Crippen LogP contribution in [0.3, 0.4) is 0 Å². The average molecular weight is 222 g/mol. The van der Waals surface area contributed by atoms with Gasteiger partial charge in [-0.2, -0.15) is 0 Å². The largest absolute Gasteiger partial charge is 0.494 e. The molecule has 0 aliphatic carbocycles. The van der Waals surface area contributed by atoms with Crippen molar-refractivity contribution in [1.82, 2.24) is 0 Å². The van der Waals surface area contributed by atoms with Gasteiger partial charge < -0.3 is 4.74 Å². The molecular formula is C14H22O2. The number of unbranched alkanes of at least 4 members (excludes halogenated alkanes) is 3. The maximum Gasteiger partial charge on any atom is 0.162 e. The summed E-state index contributed by atoms with van der Waals surface area (Å²) >= 11 is 0. The minimum atomic E-state index is 0.101. The highest BCUT2D eigenvalue weighted by Crippen LogP contribution is 2.21. The van der Waals surface area contributed by atoms with Crippen LogP contribution in [0.2, 0.25) is 0 Å². The molecule has 1 atom stereocenters. The Labute approximate surface area is 98.4 Å². The number of ether oxygens (including phenoxy) is 1. The predicted octanol–water partition coefficient (Wildman–Crippen LogP) is 3.77. The first-order valence-electron chi connectivity index (χ1n) is 6.27. The molecule has 1 heterocycles. The summed E-state index contributed by atoms with van der Waals surface area (Å²) < 4.78 is 5.75. The van der Waals surface area contributed by atoms with Gasteiger partial charge in [0.25, 0.3) is 0 Å². The molecule has 0 aromatic heterocycles. The van der Waals surface area contributed by atoms with E-state index in [1.54, 1.807) is 12.2 Å². The molecule has 0 fully saturated rings. The zero-order valence-electron chi connectivity index (χ0n) is 10.2. The molecule has 1 rings (SSSR count). The summed E-state index contributed by atoms with van der Waals surface area (Å²) in [6.45, 7) is 5.86. The van der Waals surface area contributed by atoms with Crippen molar-refractivity contribution in [3.63, 3.8) is 0 Å². The van der Waals surface area contributed by atoms with Gasteiger partial charge >= 0.3 is 0 Å². The average Bonchev–Trinajstić information content (AvgIpc) is 2.24. The van der Waals surface area contributed by atoms with Crippen molar-refractivity contribution in [1.29, 1.82) is 0 Å². The number of rotatable bonds is 7. The molecular weight excluding hydrogens is 200 g/mol. The maximum absolute atomic E-state index is 11.5. The normalized spacial score (nSPS) is 20.2. The van der Waals surface area contributed by atoms with Crippen molar-refractivity contribution in [2.45, 2.75) is 58.0 Å². The SMILES string of the molecule is C=CCC1=CC(=O)CC(CCCCCC)O1. The van der Waals surface area contributed by atoms with E-state index in [2.05, 4.69) is 13.5 Å². The Bertz CT molecular complexity index is 266. The van der Waals surface area contributed by atoms with Crippen LogP contribution < -0.4 is 0 Å². The van der Waals surface area contributed by atoms with Gasteiger partial charge in [0.05, 0.1) is 0 Å². The van der Waals surface area contributed by atoms with E-state index >= 15 is 0 Å². The summed E-state index contributed by atoms with van der Waals surface area (Å²) in [7, 11) is 0. The highest BCUT2D eigenvalue weighted by atomic mass is 16.5. The minimum absolute atomic E-state index is 0.101. The van der Waals surface area contributed by atoms with Gasteiger partial charge in [-0.25, -0.2) is 0 Å². The number of allylic oxidation sites excluding steroid dienone is 2. The van der Waals surface area contributed by atoms with Gasteiger partial charge in [0.1, 0.15) is 11.9 Å². The number of ketones is 1. The Morgan fingerprint density at radius 3 is 3.00 bits per heavy atom. The third kappa shape index (κ3) is 4.65. The molecule has 0 saturated heterocycles. The fourth-order valence-electron chi connectivity index (χ4n) is 1.96. The Morgan fingerprint density at radius 2 is 2.31 bits per heavy atom. The lowest BCUT2D eigenvalue weighted by molar-refractivity contribution is -0.118. The topological polar surface area (TPSA) is 26.3 Å². The number of hydrogen-bond donors (Lipinski definition) is 0. The Balaban J connectivity index is 2.31. The van der Waals surface area contributed by atoms with Gasteiger partial charge in [-0.15, -0.1) is 6.58 Å². The molecule has 0 radical (unpaired) electrons. The highest BCUT2D eigenvalue weighted by molar-refractivity contribution is 5.91. The summed E-state index contributed by atoms with van der Waals surface area (Å²) in [6.07, 6.45) is 10.6. The standard InChI is InChI=1S/C14H22O2/c1-3-5-6-7-9-14-11-12(15)10-13(16-14)8-4-2/h4,10,14H,2-3,5-9,11H2,1H3. The van der Waals surface area contributed by atoms with Crippen LogP contribution in [0.25, 0.3) is 0 Å². The van der Waals surface area contributed by atoms with Crippen molar-refractivity contribution in [3.8, 4) is 0 Å². The Hall–Kier alpha value is -1.05. The number of hydrogen-bond acceptors (Lipinski definition) is 2. The van der Waals surface area contributed by atoms with E-state index in [0.29, 0.717) is 12.8 Å². The molecule has 1 aliphatic rings. The Kier molecular flexibility index (Phi) is 5.91. The number of carbonyl (C=O) groups excluding carboxylic acids is 1. The molecule has 1 aliphatic heterocycles. The summed E-state index contributed by atoms with van der Waals surface area (Å²) in [6, 6.07) is 0. The minimum Gasteiger partial charge on any atom is -0.494 e. The molecule has 0 saturated carbocycles. The second-order valence-electron chi connectivity index (χ2n) is 4.36. The predicted molar refractivity (Wildman–Crippen MR) is 66.2 cm³/mol. The van der Waals surface area contributed by atoms with E-state index in [1.165, 1.54) is 19.3 Å². The highest BCUT2D eigenvalue weighted by Gasteiger charge is 2.20. The van der Waals surface area contributed by atoms with E-state index in [1.807, 2.05) is 0 Å². The zero-order chi connectivity index (χ0) is 11.8. The van der Waals surface area contributed by atoms with Gasteiger partial charge in [-0.3, -0.25) is 4.79 Å². The van der Waals surface area contributed by atoms with Gasteiger partial charge in [-0.05, 0) is 12.8 Å². The lowest BCUT2D eigenvalue weighted by Gasteiger charge is -2.23. The van der Waals surface area contributed by atoms with E-state index < -0.39 is 0 Å². The monoisotopic (exact) mass is 222 g/mol. The first-order valence-corrected chi connectivity index (χ1v) is 6.27. The quantitative estimate of drug-likeness (QED) is 0.484. The summed E-state index contributed by atoms with van der Waals surface area (Å²) in [5, 5.41) is 0. The third-order valence-corrected chi connectivity index (χ3v) is 2.79. The van der Waals surface area contributed by atoms with Crippen molar-refractivity contribution in [2.24, 2.45) is 0 Å². The molecule has 16 heavy (non-hydrogen) atoms.